The van der Waals surface area contributed by atoms with E-state index in [1.807, 2.05) is 42.6 Å². The zero-order chi connectivity index (χ0) is 14.8. The molecule has 0 aliphatic heterocycles. The lowest BCUT2D eigenvalue weighted by Gasteiger charge is -2.14. The molecule has 3 aromatic rings. The number of nitrogens with one attached hydrogen (secondary N) is 1. The first-order chi connectivity index (χ1) is 10.2. The number of aromatic amines is 1. The van der Waals surface area contributed by atoms with Crippen LogP contribution in [0, 0.1) is 0 Å². The van der Waals surface area contributed by atoms with Crippen molar-refractivity contribution in [1.29, 1.82) is 0 Å². The van der Waals surface area contributed by atoms with Gasteiger partial charge in [-0.3, -0.25) is 0 Å². The quantitative estimate of drug-likeness (QED) is 0.772. The lowest BCUT2D eigenvalue weighted by molar-refractivity contribution is 0.219. The molecule has 0 aliphatic carbocycles. The SMILES string of the molecule is COc1cc(OC)cc(C(O)c2ccc3[nH]ccc3c2)c1. The van der Waals surface area contributed by atoms with Crippen molar-refractivity contribution in [1.82, 2.24) is 4.98 Å². The summed E-state index contributed by atoms with van der Waals surface area (Å²) in [5, 5.41) is 11.7. The van der Waals surface area contributed by atoms with Gasteiger partial charge in [-0.05, 0) is 46.8 Å². The molecule has 1 aromatic heterocycles. The maximum Gasteiger partial charge on any atom is 0.122 e. The van der Waals surface area contributed by atoms with Crippen molar-refractivity contribution < 1.29 is 14.6 Å². The fourth-order valence-electron chi connectivity index (χ4n) is 2.42. The van der Waals surface area contributed by atoms with E-state index in [0.29, 0.717) is 11.5 Å². The molecule has 1 atom stereocenters. The minimum atomic E-state index is -0.728. The molecule has 0 amide bonds. The lowest BCUT2D eigenvalue weighted by atomic mass is 10.00. The van der Waals surface area contributed by atoms with Gasteiger partial charge in [0.2, 0.25) is 0 Å². The molecule has 1 unspecified atom stereocenters. The molecule has 2 N–H and O–H groups in total. The summed E-state index contributed by atoms with van der Waals surface area (Å²) in [6, 6.07) is 13.2. The highest BCUT2D eigenvalue weighted by Crippen LogP contribution is 2.31. The Morgan fingerprint density at radius 1 is 0.905 bits per heavy atom. The summed E-state index contributed by atoms with van der Waals surface area (Å²) in [7, 11) is 3.19. The summed E-state index contributed by atoms with van der Waals surface area (Å²) in [4.78, 5) is 3.14. The third kappa shape index (κ3) is 2.58. The van der Waals surface area contributed by atoms with Crippen molar-refractivity contribution in [3.8, 4) is 11.5 Å². The molecule has 2 aromatic carbocycles. The molecule has 0 radical (unpaired) electrons. The smallest absolute Gasteiger partial charge is 0.122 e. The van der Waals surface area contributed by atoms with E-state index in [2.05, 4.69) is 4.98 Å². The van der Waals surface area contributed by atoms with Crippen LogP contribution in [0.5, 0.6) is 11.5 Å². The Morgan fingerprint density at radius 2 is 1.62 bits per heavy atom. The van der Waals surface area contributed by atoms with E-state index >= 15 is 0 Å². The van der Waals surface area contributed by atoms with Gasteiger partial charge in [0.25, 0.3) is 0 Å². The van der Waals surface area contributed by atoms with E-state index in [9.17, 15) is 5.11 Å². The van der Waals surface area contributed by atoms with Crippen LogP contribution in [0.3, 0.4) is 0 Å². The number of ether oxygens (including phenoxy) is 2. The van der Waals surface area contributed by atoms with Gasteiger partial charge in [0.15, 0.2) is 0 Å². The predicted octanol–water partition coefficient (Wildman–Crippen LogP) is 3.27. The van der Waals surface area contributed by atoms with Crippen LogP contribution in [-0.4, -0.2) is 24.3 Å². The molecule has 0 bridgehead atoms. The summed E-state index contributed by atoms with van der Waals surface area (Å²) in [5.41, 5.74) is 2.62. The summed E-state index contributed by atoms with van der Waals surface area (Å²) in [5.74, 6) is 1.32. The van der Waals surface area contributed by atoms with Crippen molar-refractivity contribution >= 4 is 10.9 Å². The third-order valence-corrected chi connectivity index (χ3v) is 3.58. The Bertz CT molecular complexity index is 741. The highest BCUT2D eigenvalue weighted by molar-refractivity contribution is 5.80. The van der Waals surface area contributed by atoms with Gasteiger partial charge in [0.05, 0.1) is 14.2 Å². The summed E-state index contributed by atoms with van der Waals surface area (Å²) < 4.78 is 10.5. The van der Waals surface area contributed by atoms with Crippen LogP contribution in [0.2, 0.25) is 0 Å². The molecular weight excluding hydrogens is 266 g/mol. The number of hydrogen-bond acceptors (Lipinski definition) is 3. The molecule has 108 valence electrons. The second-order valence-electron chi connectivity index (χ2n) is 4.87. The van der Waals surface area contributed by atoms with Crippen LogP contribution in [0.1, 0.15) is 17.2 Å². The van der Waals surface area contributed by atoms with E-state index in [0.717, 1.165) is 22.0 Å². The fourth-order valence-corrected chi connectivity index (χ4v) is 2.42. The molecular formula is C17H17NO3. The second-order valence-corrected chi connectivity index (χ2v) is 4.87. The average Bonchev–Trinajstić information content (AvgIpc) is 3.01. The summed E-state index contributed by atoms with van der Waals surface area (Å²) in [6.07, 6.45) is 1.16. The predicted molar refractivity (Wildman–Crippen MR) is 81.9 cm³/mol. The number of benzene rings is 2. The van der Waals surface area contributed by atoms with Gasteiger partial charge < -0.3 is 19.6 Å². The van der Waals surface area contributed by atoms with Crippen molar-refractivity contribution in [3.05, 3.63) is 59.8 Å². The van der Waals surface area contributed by atoms with Crippen LogP contribution in [-0.2, 0) is 0 Å². The van der Waals surface area contributed by atoms with Gasteiger partial charge >= 0.3 is 0 Å². The first-order valence-corrected chi connectivity index (χ1v) is 6.69. The van der Waals surface area contributed by atoms with Gasteiger partial charge in [-0.1, -0.05) is 6.07 Å². The minimum Gasteiger partial charge on any atom is -0.497 e. The number of rotatable bonds is 4. The number of fused-ring (bicyclic) bond motifs is 1. The first kappa shape index (κ1) is 13.5. The molecule has 0 saturated heterocycles. The Labute approximate surface area is 122 Å². The van der Waals surface area contributed by atoms with Crippen LogP contribution in [0.25, 0.3) is 10.9 Å². The summed E-state index contributed by atoms with van der Waals surface area (Å²) >= 11 is 0. The van der Waals surface area contributed by atoms with Gasteiger partial charge in [-0.25, -0.2) is 0 Å². The highest BCUT2D eigenvalue weighted by Gasteiger charge is 2.14. The Morgan fingerprint density at radius 3 is 2.29 bits per heavy atom. The Kier molecular flexibility index (Phi) is 3.54. The van der Waals surface area contributed by atoms with E-state index < -0.39 is 6.10 Å². The van der Waals surface area contributed by atoms with Gasteiger partial charge in [0.1, 0.15) is 17.6 Å². The van der Waals surface area contributed by atoms with E-state index in [4.69, 9.17) is 9.47 Å². The fraction of sp³-hybridized carbons (Fsp3) is 0.176. The molecule has 0 aliphatic rings. The van der Waals surface area contributed by atoms with E-state index in [1.54, 1.807) is 20.3 Å². The van der Waals surface area contributed by atoms with Gasteiger partial charge in [-0.15, -0.1) is 0 Å². The molecule has 0 saturated carbocycles. The standard InChI is InChI=1S/C17H17NO3/c1-20-14-8-13(9-15(10-14)21-2)17(19)12-3-4-16-11(7-12)5-6-18-16/h3-10,17-19H,1-2H3. The Balaban J connectivity index is 2.01. The maximum absolute atomic E-state index is 10.6. The molecule has 4 heteroatoms. The van der Waals surface area contributed by atoms with Crippen LogP contribution < -0.4 is 9.47 Å². The third-order valence-electron chi connectivity index (χ3n) is 3.58. The second kappa shape index (κ2) is 5.50. The number of aliphatic hydroxyl groups is 1. The van der Waals surface area contributed by atoms with Crippen molar-refractivity contribution in [3.63, 3.8) is 0 Å². The normalized spacial score (nSPS) is 12.3. The molecule has 0 spiro atoms. The summed E-state index contributed by atoms with van der Waals surface area (Å²) in [6.45, 7) is 0. The zero-order valence-corrected chi connectivity index (χ0v) is 12.0. The Hall–Kier alpha value is -2.46. The largest absolute Gasteiger partial charge is 0.497 e. The molecule has 3 rings (SSSR count). The van der Waals surface area contributed by atoms with Crippen LogP contribution in [0.15, 0.2) is 48.7 Å². The highest BCUT2D eigenvalue weighted by atomic mass is 16.5. The lowest BCUT2D eigenvalue weighted by Crippen LogP contribution is -2.01. The van der Waals surface area contributed by atoms with Crippen LogP contribution in [0.4, 0.5) is 0 Å². The number of aromatic nitrogens is 1. The van der Waals surface area contributed by atoms with Crippen molar-refractivity contribution in [2.75, 3.05) is 14.2 Å². The zero-order valence-electron chi connectivity index (χ0n) is 12.0. The molecule has 1 heterocycles. The number of H-pyrrole nitrogens is 1. The first-order valence-electron chi connectivity index (χ1n) is 6.69. The van der Waals surface area contributed by atoms with E-state index in [1.165, 1.54) is 0 Å². The molecule has 21 heavy (non-hydrogen) atoms. The minimum absolute atomic E-state index is 0.658. The average molecular weight is 283 g/mol. The number of methoxy groups -OCH3 is 2. The van der Waals surface area contributed by atoms with Crippen LogP contribution >= 0.6 is 0 Å². The van der Waals surface area contributed by atoms with Gasteiger partial charge in [0, 0.05) is 17.8 Å². The molecule has 0 fully saturated rings. The number of hydrogen-bond donors (Lipinski definition) is 2. The van der Waals surface area contributed by atoms with Crippen molar-refractivity contribution in [2.45, 2.75) is 6.10 Å². The number of aliphatic hydroxyl groups excluding tert-OH is 1. The molecule has 4 nitrogen and oxygen atoms in total. The van der Waals surface area contributed by atoms with E-state index in [-0.39, 0.29) is 0 Å². The monoisotopic (exact) mass is 283 g/mol. The maximum atomic E-state index is 10.6. The topological polar surface area (TPSA) is 54.5 Å². The van der Waals surface area contributed by atoms with Crippen molar-refractivity contribution in [2.24, 2.45) is 0 Å². The van der Waals surface area contributed by atoms with Gasteiger partial charge in [-0.2, -0.15) is 0 Å².